The maximum absolute atomic E-state index is 11.7. The summed E-state index contributed by atoms with van der Waals surface area (Å²) in [6.45, 7) is 0.981. The molecule has 2 aromatic rings. The van der Waals surface area contributed by atoms with Crippen molar-refractivity contribution in [1.82, 2.24) is 4.90 Å². The number of halogens is 1. The number of carboxylic acids is 1. The average molecular weight is 404 g/mol. The molecule has 0 spiro atoms. The number of nitrogens with zero attached hydrogens (tertiary/aromatic N) is 1. The fourth-order valence-corrected chi connectivity index (χ4v) is 3.93. The molecule has 1 saturated heterocycles. The molecule has 6 heteroatoms. The zero-order chi connectivity index (χ0) is 17.4. The van der Waals surface area contributed by atoms with Gasteiger partial charge in [-0.15, -0.1) is 0 Å². The van der Waals surface area contributed by atoms with Crippen LogP contribution in [0.25, 0.3) is 0 Å². The number of aliphatic carboxylic acids is 1. The second kappa shape index (κ2) is 6.69. The molecule has 0 saturated carbocycles. The average Bonchev–Trinajstić information content (AvgIpc) is 3.25. The summed E-state index contributed by atoms with van der Waals surface area (Å²) >= 11 is 3.47. The number of carboxylic acid groups (broad SMARTS) is 1. The minimum atomic E-state index is -0.764. The van der Waals surface area contributed by atoms with E-state index in [0.717, 1.165) is 34.3 Å². The zero-order valence-corrected chi connectivity index (χ0v) is 15.1. The molecule has 2 aromatic carbocycles. The maximum Gasteiger partial charge on any atom is 0.320 e. The normalized spacial score (nSPS) is 20.6. The summed E-state index contributed by atoms with van der Waals surface area (Å²) < 4.78 is 11.9. The molecule has 0 aromatic heterocycles. The molecule has 0 bridgehead atoms. The van der Waals surface area contributed by atoms with Gasteiger partial charge >= 0.3 is 5.97 Å². The summed E-state index contributed by atoms with van der Waals surface area (Å²) in [4.78, 5) is 13.8. The van der Waals surface area contributed by atoms with E-state index in [0.29, 0.717) is 12.2 Å². The third-order valence-electron chi connectivity index (χ3n) is 4.81. The van der Waals surface area contributed by atoms with Crippen molar-refractivity contribution in [2.24, 2.45) is 0 Å². The van der Waals surface area contributed by atoms with Gasteiger partial charge in [0.1, 0.15) is 6.04 Å². The molecule has 2 heterocycles. The van der Waals surface area contributed by atoms with E-state index in [-0.39, 0.29) is 12.8 Å². The van der Waals surface area contributed by atoms with E-state index in [2.05, 4.69) is 20.8 Å². The summed E-state index contributed by atoms with van der Waals surface area (Å²) in [5, 5.41) is 9.63. The quantitative estimate of drug-likeness (QED) is 0.840. The Hall–Kier alpha value is -2.05. The predicted octanol–water partition coefficient (Wildman–Crippen LogP) is 3.82. The third kappa shape index (κ3) is 3.12. The van der Waals surface area contributed by atoms with Gasteiger partial charge in [-0.25, -0.2) is 0 Å². The van der Waals surface area contributed by atoms with Crippen LogP contribution in [0.3, 0.4) is 0 Å². The molecule has 130 valence electrons. The molecule has 25 heavy (non-hydrogen) atoms. The fourth-order valence-electron chi connectivity index (χ4n) is 3.67. The van der Waals surface area contributed by atoms with Crippen LogP contribution in [0, 0.1) is 0 Å². The van der Waals surface area contributed by atoms with E-state index in [1.54, 1.807) is 0 Å². The van der Waals surface area contributed by atoms with Gasteiger partial charge in [0.25, 0.3) is 0 Å². The summed E-state index contributed by atoms with van der Waals surface area (Å²) in [7, 11) is 0. The first-order valence-electron chi connectivity index (χ1n) is 8.27. The maximum atomic E-state index is 11.7. The van der Waals surface area contributed by atoms with Crippen molar-refractivity contribution >= 4 is 21.9 Å². The molecule has 2 aliphatic heterocycles. The van der Waals surface area contributed by atoms with Crippen LogP contribution in [0.15, 0.2) is 46.9 Å². The molecule has 1 fully saturated rings. The van der Waals surface area contributed by atoms with Gasteiger partial charge in [0.15, 0.2) is 11.5 Å². The molecule has 5 nitrogen and oxygen atoms in total. The number of rotatable bonds is 4. The van der Waals surface area contributed by atoms with Gasteiger partial charge in [0, 0.05) is 11.0 Å². The van der Waals surface area contributed by atoms with E-state index in [9.17, 15) is 9.90 Å². The molecule has 0 aliphatic carbocycles. The van der Waals surface area contributed by atoms with E-state index >= 15 is 0 Å². The van der Waals surface area contributed by atoms with Crippen LogP contribution >= 0.6 is 15.9 Å². The molecular weight excluding hydrogens is 386 g/mol. The number of ether oxygens (including phenoxy) is 2. The number of fused-ring (bicyclic) bond motifs is 1. The molecule has 2 atom stereocenters. The summed E-state index contributed by atoms with van der Waals surface area (Å²) in [5.74, 6) is 0.681. The predicted molar refractivity (Wildman–Crippen MR) is 95.9 cm³/mol. The monoisotopic (exact) mass is 403 g/mol. The first-order chi connectivity index (χ1) is 12.1. The highest BCUT2D eigenvalue weighted by atomic mass is 79.9. The minimum Gasteiger partial charge on any atom is -0.480 e. The molecule has 1 N–H and O–H groups in total. The van der Waals surface area contributed by atoms with Crippen molar-refractivity contribution in [1.29, 1.82) is 0 Å². The SMILES string of the molecule is O=C(O)C1CCCN1C(c1ccc(Br)cc1)c1ccc2c(c1)OCO2. The van der Waals surface area contributed by atoms with Crippen LogP contribution in [-0.2, 0) is 4.79 Å². The van der Waals surface area contributed by atoms with Crippen molar-refractivity contribution in [3.8, 4) is 11.5 Å². The minimum absolute atomic E-state index is 0.133. The van der Waals surface area contributed by atoms with Gasteiger partial charge in [-0.1, -0.05) is 34.1 Å². The van der Waals surface area contributed by atoms with Crippen LogP contribution in [0.2, 0.25) is 0 Å². The largest absolute Gasteiger partial charge is 0.480 e. The van der Waals surface area contributed by atoms with E-state index in [4.69, 9.17) is 9.47 Å². The Labute approximate surface area is 154 Å². The zero-order valence-electron chi connectivity index (χ0n) is 13.5. The molecule has 2 unspecified atom stereocenters. The molecule has 0 amide bonds. The number of hydrogen-bond donors (Lipinski definition) is 1. The van der Waals surface area contributed by atoms with E-state index in [1.807, 2.05) is 42.5 Å². The lowest BCUT2D eigenvalue weighted by atomic mass is 9.96. The number of benzene rings is 2. The second-order valence-corrected chi connectivity index (χ2v) is 7.22. The van der Waals surface area contributed by atoms with Crippen LogP contribution in [0.4, 0.5) is 0 Å². The topological polar surface area (TPSA) is 59.0 Å². The van der Waals surface area contributed by atoms with Crippen LogP contribution in [0.5, 0.6) is 11.5 Å². The fraction of sp³-hybridized carbons (Fsp3) is 0.316. The van der Waals surface area contributed by atoms with E-state index < -0.39 is 12.0 Å². The van der Waals surface area contributed by atoms with Gasteiger partial charge in [-0.2, -0.15) is 0 Å². The van der Waals surface area contributed by atoms with Gasteiger partial charge < -0.3 is 14.6 Å². The van der Waals surface area contributed by atoms with Crippen molar-refractivity contribution in [3.63, 3.8) is 0 Å². The van der Waals surface area contributed by atoms with E-state index in [1.165, 1.54) is 0 Å². The number of likely N-dealkylation sites (tertiary alicyclic amines) is 1. The molecule has 2 aliphatic rings. The smallest absolute Gasteiger partial charge is 0.320 e. The lowest BCUT2D eigenvalue weighted by Crippen LogP contribution is -2.39. The standard InChI is InChI=1S/C19H18BrNO4/c20-14-6-3-12(4-7-14)18(21-9-1-2-15(21)19(22)23)13-5-8-16-17(10-13)25-11-24-16/h3-8,10,15,18H,1-2,9,11H2,(H,22,23). The first kappa shape index (κ1) is 16.4. The van der Waals surface area contributed by atoms with Crippen LogP contribution in [-0.4, -0.2) is 35.4 Å². The van der Waals surface area contributed by atoms with Crippen molar-refractivity contribution in [3.05, 3.63) is 58.1 Å². The highest BCUT2D eigenvalue weighted by molar-refractivity contribution is 9.10. The third-order valence-corrected chi connectivity index (χ3v) is 5.34. The lowest BCUT2D eigenvalue weighted by Gasteiger charge is -2.32. The summed E-state index contributed by atoms with van der Waals surface area (Å²) in [6.07, 6.45) is 1.56. The Morgan fingerprint density at radius 2 is 1.84 bits per heavy atom. The van der Waals surface area contributed by atoms with Crippen molar-refractivity contribution in [2.45, 2.75) is 24.9 Å². The lowest BCUT2D eigenvalue weighted by molar-refractivity contribution is -0.142. The van der Waals surface area contributed by atoms with Crippen molar-refractivity contribution < 1.29 is 19.4 Å². The van der Waals surface area contributed by atoms with Gasteiger partial charge in [-0.3, -0.25) is 9.69 Å². The van der Waals surface area contributed by atoms with Crippen LogP contribution in [0.1, 0.15) is 30.0 Å². The van der Waals surface area contributed by atoms with Gasteiger partial charge in [-0.05, 0) is 48.2 Å². The first-order valence-corrected chi connectivity index (χ1v) is 9.06. The summed E-state index contributed by atoms with van der Waals surface area (Å²) in [6, 6.07) is 13.3. The Kier molecular flexibility index (Phi) is 4.39. The Balaban J connectivity index is 1.78. The van der Waals surface area contributed by atoms with Gasteiger partial charge in [0.05, 0.1) is 6.04 Å². The van der Waals surface area contributed by atoms with Gasteiger partial charge in [0.2, 0.25) is 6.79 Å². The second-order valence-electron chi connectivity index (χ2n) is 6.30. The van der Waals surface area contributed by atoms with Crippen LogP contribution < -0.4 is 9.47 Å². The Morgan fingerprint density at radius 3 is 2.60 bits per heavy atom. The Bertz CT molecular complexity index is 793. The Morgan fingerprint density at radius 1 is 1.12 bits per heavy atom. The molecule has 4 rings (SSSR count). The number of carbonyl (C=O) groups is 1. The highest BCUT2D eigenvalue weighted by Gasteiger charge is 2.37. The number of hydrogen-bond acceptors (Lipinski definition) is 4. The molecule has 0 radical (unpaired) electrons. The van der Waals surface area contributed by atoms with Crippen molar-refractivity contribution in [2.75, 3.05) is 13.3 Å². The summed E-state index contributed by atoms with van der Waals surface area (Å²) in [5.41, 5.74) is 2.08. The highest BCUT2D eigenvalue weighted by Crippen LogP contribution is 2.40. The molecular formula is C19H18BrNO4.